The van der Waals surface area contributed by atoms with Gasteiger partial charge in [0.1, 0.15) is 5.69 Å². The highest BCUT2D eigenvalue weighted by Crippen LogP contribution is 2.22. The van der Waals surface area contributed by atoms with Crippen molar-refractivity contribution in [2.45, 2.75) is 11.7 Å². The van der Waals surface area contributed by atoms with Gasteiger partial charge in [0.05, 0.1) is 25.2 Å². The molecule has 0 saturated carbocycles. The van der Waals surface area contributed by atoms with Crippen LogP contribution >= 0.6 is 11.8 Å². The Morgan fingerprint density at radius 1 is 1.50 bits per heavy atom. The van der Waals surface area contributed by atoms with Gasteiger partial charge >= 0.3 is 5.97 Å². The van der Waals surface area contributed by atoms with Crippen LogP contribution in [0.4, 0.5) is 0 Å². The fourth-order valence-electron chi connectivity index (χ4n) is 1.62. The number of carboxylic acid groups (broad SMARTS) is 1. The number of carbonyl (C=O) groups is 1. The van der Waals surface area contributed by atoms with Crippen LogP contribution in [0.2, 0.25) is 0 Å². The smallest absolute Gasteiger partial charge is 0.313 e. The number of hydrogen-bond acceptors (Lipinski definition) is 6. The summed E-state index contributed by atoms with van der Waals surface area (Å²) in [6.07, 6.45) is 3.51. The monoisotopic (exact) mass is 297 g/mol. The maximum atomic E-state index is 10.7. The summed E-state index contributed by atoms with van der Waals surface area (Å²) in [6.45, 7) is 1.02. The molecule has 0 unspecified atom stereocenters. The average Bonchev–Trinajstić information content (AvgIpc) is 2.99. The Hall–Kier alpha value is -1.87. The molecule has 2 heterocycles. The Bertz CT molecular complexity index is 595. The molecule has 0 aliphatic heterocycles. The van der Waals surface area contributed by atoms with Gasteiger partial charge in [-0.2, -0.15) is 0 Å². The number of aliphatic carboxylic acids is 1. The van der Waals surface area contributed by atoms with Gasteiger partial charge in [-0.15, -0.1) is 10.2 Å². The molecular weight excluding hydrogens is 282 g/mol. The molecule has 108 valence electrons. The highest BCUT2D eigenvalue weighted by molar-refractivity contribution is 7.99. The van der Waals surface area contributed by atoms with Gasteiger partial charge in [-0.1, -0.05) is 11.8 Å². The van der Waals surface area contributed by atoms with E-state index in [1.807, 2.05) is 22.4 Å². The first kappa shape index (κ1) is 14.5. The number of carboxylic acids is 1. The minimum absolute atomic E-state index is 0.0622. The number of nitrogens with zero attached hydrogens (tertiary/aromatic N) is 5. The van der Waals surface area contributed by atoms with Crippen molar-refractivity contribution in [2.24, 2.45) is 7.05 Å². The van der Waals surface area contributed by atoms with Crippen LogP contribution in [-0.4, -0.2) is 54.9 Å². The summed E-state index contributed by atoms with van der Waals surface area (Å²) in [5, 5.41) is 17.4. The number of ether oxygens (including phenoxy) is 1. The third kappa shape index (κ3) is 3.36. The molecule has 8 nitrogen and oxygen atoms in total. The van der Waals surface area contributed by atoms with Gasteiger partial charge in [-0.25, -0.2) is 4.98 Å². The van der Waals surface area contributed by atoms with Gasteiger partial charge < -0.3 is 14.4 Å². The average molecular weight is 297 g/mol. The van der Waals surface area contributed by atoms with E-state index in [-0.39, 0.29) is 5.75 Å². The molecule has 20 heavy (non-hydrogen) atoms. The summed E-state index contributed by atoms with van der Waals surface area (Å²) < 4.78 is 8.70. The Morgan fingerprint density at radius 3 is 2.90 bits per heavy atom. The van der Waals surface area contributed by atoms with Gasteiger partial charge in [0.15, 0.2) is 11.0 Å². The number of methoxy groups -OCH3 is 1. The van der Waals surface area contributed by atoms with Crippen LogP contribution in [0, 0.1) is 0 Å². The summed E-state index contributed by atoms with van der Waals surface area (Å²) in [4.78, 5) is 14.9. The third-order valence-corrected chi connectivity index (χ3v) is 3.45. The molecule has 2 aromatic heterocycles. The van der Waals surface area contributed by atoms with Gasteiger partial charge in [0.25, 0.3) is 0 Å². The SMILES string of the molecule is COCCn1c(SCC(=O)O)nnc1-c1cn(C)cn1. The summed E-state index contributed by atoms with van der Waals surface area (Å²) >= 11 is 1.13. The number of aromatic nitrogens is 5. The molecule has 2 aromatic rings. The maximum absolute atomic E-state index is 10.7. The van der Waals surface area contributed by atoms with Crippen LogP contribution in [0.5, 0.6) is 0 Å². The van der Waals surface area contributed by atoms with Crippen molar-refractivity contribution in [3.8, 4) is 11.5 Å². The molecule has 0 bridgehead atoms. The van der Waals surface area contributed by atoms with E-state index in [2.05, 4.69) is 15.2 Å². The molecular formula is C11H15N5O3S. The van der Waals surface area contributed by atoms with Crippen molar-refractivity contribution in [1.29, 1.82) is 0 Å². The van der Waals surface area contributed by atoms with E-state index in [1.165, 1.54) is 0 Å². The Balaban J connectivity index is 2.28. The standard InChI is InChI=1S/C11H15N5O3S/c1-15-5-8(12-7-15)10-13-14-11(20-6-9(17)18)16(10)3-4-19-2/h5,7H,3-4,6H2,1-2H3,(H,17,18). The first-order valence-electron chi connectivity index (χ1n) is 5.87. The lowest BCUT2D eigenvalue weighted by atomic mass is 10.4. The predicted octanol–water partition coefficient (Wildman–Crippen LogP) is 0.502. The van der Waals surface area contributed by atoms with Gasteiger partial charge in [-0.05, 0) is 0 Å². The summed E-state index contributed by atoms with van der Waals surface area (Å²) in [5.74, 6) is -0.348. The molecule has 0 fully saturated rings. The largest absolute Gasteiger partial charge is 0.481 e. The highest BCUT2D eigenvalue weighted by Gasteiger charge is 2.16. The molecule has 0 spiro atoms. The van der Waals surface area contributed by atoms with Crippen LogP contribution in [0.3, 0.4) is 0 Å². The van der Waals surface area contributed by atoms with Crippen LogP contribution in [-0.2, 0) is 23.1 Å². The molecule has 0 radical (unpaired) electrons. The highest BCUT2D eigenvalue weighted by atomic mass is 32.2. The first-order chi connectivity index (χ1) is 9.61. The Labute approximate surface area is 119 Å². The molecule has 9 heteroatoms. The summed E-state index contributed by atoms with van der Waals surface area (Å²) in [6, 6.07) is 0. The zero-order valence-electron chi connectivity index (χ0n) is 11.2. The number of rotatable bonds is 7. The Kier molecular flexibility index (Phi) is 4.74. The van der Waals surface area contributed by atoms with Crippen molar-refractivity contribution in [1.82, 2.24) is 24.3 Å². The molecule has 2 rings (SSSR count). The minimum atomic E-state index is -0.893. The Morgan fingerprint density at radius 2 is 2.30 bits per heavy atom. The van der Waals surface area contributed by atoms with Gasteiger partial charge in [-0.3, -0.25) is 9.36 Å². The molecule has 0 aromatic carbocycles. The quantitative estimate of drug-likeness (QED) is 0.743. The number of aryl methyl sites for hydroxylation is 1. The fourth-order valence-corrected chi connectivity index (χ4v) is 2.31. The molecule has 0 atom stereocenters. The molecule has 1 N–H and O–H groups in total. The molecule has 0 amide bonds. The third-order valence-electron chi connectivity index (χ3n) is 2.49. The zero-order chi connectivity index (χ0) is 14.5. The van der Waals surface area contributed by atoms with Gasteiger partial charge in [0, 0.05) is 20.4 Å². The van der Waals surface area contributed by atoms with Crippen molar-refractivity contribution in [3.63, 3.8) is 0 Å². The normalized spacial score (nSPS) is 10.9. The van der Waals surface area contributed by atoms with Crippen molar-refractivity contribution >= 4 is 17.7 Å². The topological polar surface area (TPSA) is 95.1 Å². The summed E-state index contributed by atoms with van der Waals surface area (Å²) in [7, 11) is 3.47. The summed E-state index contributed by atoms with van der Waals surface area (Å²) in [5.41, 5.74) is 0.693. The maximum Gasteiger partial charge on any atom is 0.313 e. The van der Waals surface area contributed by atoms with Crippen LogP contribution in [0.1, 0.15) is 0 Å². The molecule has 0 aliphatic rings. The van der Waals surface area contributed by atoms with Crippen LogP contribution < -0.4 is 0 Å². The van der Waals surface area contributed by atoms with Crippen molar-refractivity contribution < 1.29 is 14.6 Å². The minimum Gasteiger partial charge on any atom is -0.481 e. The van der Waals surface area contributed by atoms with Crippen LogP contribution in [0.15, 0.2) is 17.7 Å². The molecule has 0 saturated heterocycles. The first-order valence-corrected chi connectivity index (χ1v) is 6.85. The number of thioether (sulfide) groups is 1. The van der Waals surface area contributed by atoms with E-state index in [0.717, 1.165) is 11.8 Å². The van der Waals surface area contributed by atoms with Crippen molar-refractivity contribution in [2.75, 3.05) is 19.5 Å². The van der Waals surface area contributed by atoms with E-state index in [1.54, 1.807) is 13.4 Å². The van der Waals surface area contributed by atoms with E-state index in [4.69, 9.17) is 9.84 Å². The van der Waals surface area contributed by atoms with E-state index in [0.29, 0.717) is 29.8 Å². The lowest BCUT2D eigenvalue weighted by Gasteiger charge is -2.07. The van der Waals surface area contributed by atoms with Crippen molar-refractivity contribution in [3.05, 3.63) is 12.5 Å². The molecule has 0 aliphatic carbocycles. The van der Waals surface area contributed by atoms with E-state index in [9.17, 15) is 4.79 Å². The second kappa shape index (κ2) is 6.53. The van der Waals surface area contributed by atoms with Gasteiger partial charge in [0.2, 0.25) is 0 Å². The lowest BCUT2D eigenvalue weighted by Crippen LogP contribution is -2.09. The lowest BCUT2D eigenvalue weighted by molar-refractivity contribution is -0.133. The van der Waals surface area contributed by atoms with E-state index < -0.39 is 5.97 Å². The van der Waals surface area contributed by atoms with Crippen LogP contribution in [0.25, 0.3) is 11.5 Å². The second-order valence-electron chi connectivity index (χ2n) is 4.06. The zero-order valence-corrected chi connectivity index (χ0v) is 12.0. The van der Waals surface area contributed by atoms with E-state index >= 15 is 0 Å². The number of imidazole rings is 1. The number of hydrogen-bond donors (Lipinski definition) is 1. The second-order valence-corrected chi connectivity index (χ2v) is 5.00. The fraction of sp³-hybridized carbons (Fsp3) is 0.455. The predicted molar refractivity (Wildman–Crippen MR) is 72.5 cm³/mol.